The van der Waals surface area contributed by atoms with E-state index in [4.69, 9.17) is 9.26 Å². The Morgan fingerprint density at radius 1 is 1.18 bits per heavy atom. The van der Waals surface area contributed by atoms with Gasteiger partial charge in [-0.1, -0.05) is 23.4 Å². The van der Waals surface area contributed by atoms with E-state index in [1.807, 2.05) is 18.2 Å². The lowest BCUT2D eigenvalue weighted by atomic mass is 10.1. The van der Waals surface area contributed by atoms with Gasteiger partial charge in [-0.3, -0.25) is 4.79 Å². The molecule has 0 unspecified atom stereocenters. The molecule has 0 spiro atoms. The van der Waals surface area contributed by atoms with Gasteiger partial charge in [0.05, 0.1) is 18.7 Å². The third-order valence-electron chi connectivity index (χ3n) is 4.16. The molecule has 1 N–H and O–H groups in total. The van der Waals surface area contributed by atoms with E-state index in [1.54, 1.807) is 12.1 Å². The van der Waals surface area contributed by atoms with Crippen molar-refractivity contribution in [2.75, 3.05) is 13.1 Å². The SMILES string of the molecule is O=C(c1noc(-c2cc(F)c(F)c(O)c2F)n1)N1CC(Oc2ccccc2)C1. The fraction of sp³-hybridized carbons (Fsp3) is 0.167. The fourth-order valence-electron chi connectivity index (χ4n) is 2.68. The number of para-hydroxylation sites is 1. The number of carbonyl (C=O) groups excluding carboxylic acids is 1. The second kappa shape index (κ2) is 6.87. The number of rotatable bonds is 4. The van der Waals surface area contributed by atoms with Gasteiger partial charge in [0.2, 0.25) is 5.82 Å². The van der Waals surface area contributed by atoms with Crippen molar-refractivity contribution in [2.45, 2.75) is 6.10 Å². The summed E-state index contributed by atoms with van der Waals surface area (Å²) in [5, 5.41) is 12.7. The molecule has 1 amide bonds. The maximum Gasteiger partial charge on any atom is 0.295 e. The molecule has 3 aromatic rings. The van der Waals surface area contributed by atoms with Crippen LogP contribution < -0.4 is 4.74 Å². The number of likely N-dealkylation sites (tertiary alicyclic amines) is 1. The Balaban J connectivity index is 1.45. The molecule has 1 saturated heterocycles. The van der Waals surface area contributed by atoms with Crippen LogP contribution in [0.2, 0.25) is 0 Å². The molecule has 4 rings (SSSR count). The van der Waals surface area contributed by atoms with Gasteiger partial charge in [-0.25, -0.2) is 8.78 Å². The van der Waals surface area contributed by atoms with Gasteiger partial charge >= 0.3 is 0 Å². The van der Waals surface area contributed by atoms with Crippen molar-refractivity contribution >= 4 is 5.91 Å². The lowest BCUT2D eigenvalue weighted by Gasteiger charge is -2.38. The molecule has 0 radical (unpaired) electrons. The molecule has 1 aromatic heterocycles. The third-order valence-corrected chi connectivity index (χ3v) is 4.16. The van der Waals surface area contributed by atoms with Crippen molar-refractivity contribution in [1.29, 1.82) is 0 Å². The predicted molar refractivity (Wildman–Crippen MR) is 88.0 cm³/mol. The summed E-state index contributed by atoms with van der Waals surface area (Å²) in [6.07, 6.45) is -0.196. The van der Waals surface area contributed by atoms with E-state index >= 15 is 0 Å². The second-order valence-corrected chi connectivity index (χ2v) is 6.07. The number of benzene rings is 2. The first-order valence-electron chi connectivity index (χ1n) is 8.15. The van der Waals surface area contributed by atoms with E-state index in [0.29, 0.717) is 11.8 Å². The standard InChI is InChI=1S/C18H12F3N3O4/c19-12-6-11(13(20)15(25)14(12)21)17-22-16(23-28-17)18(26)24-7-10(8-24)27-9-4-2-1-3-5-9/h1-6,10,25H,7-8H2. The maximum atomic E-state index is 13.9. The molecule has 1 aliphatic heterocycles. The number of amides is 1. The van der Waals surface area contributed by atoms with E-state index in [1.165, 1.54) is 4.90 Å². The Labute approximate surface area is 156 Å². The Morgan fingerprint density at radius 2 is 1.89 bits per heavy atom. The molecular formula is C18H12F3N3O4. The summed E-state index contributed by atoms with van der Waals surface area (Å²) >= 11 is 0. The quantitative estimate of drug-likeness (QED) is 0.688. The summed E-state index contributed by atoms with van der Waals surface area (Å²) < 4.78 is 51.0. The number of nitrogens with zero attached hydrogens (tertiary/aromatic N) is 3. The van der Waals surface area contributed by atoms with Crippen LogP contribution in [0.3, 0.4) is 0 Å². The van der Waals surface area contributed by atoms with Crippen LogP contribution in [0.15, 0.2) is 40.9 Å². The largest absolute Gasteiger partial charge is 0.503 e. The second-order valence-electron chi connectivity index (χ2n) is 6.07. The van der Waals surface area contributed by atoms with E-state index in [0.717, 1.165) is 0 Å². The van der Waals surface area contributed by atoms with Crippen LogP contribution in [0.4, 0.5) is 13.2 Å². The van der Waals surface area contributed by atoms with Gasteiger partial charge in [-0.05, 0) is 18.2 Å². The highest BCUT2D eigenvalue weighted by Crippen LogP contribution is 2.31. The molecule has 1 fully saturated rings. The van der Waals surface area contributed by atoms with E-state index in [2.05, 4.69) is 10.1 Å². The van der Waals surface area contributed by atoms with Crippen molar-refractivity contribution in [3.05, 3.63) is 59.7 Å². The van der Waals surface area contributed by atoms with E-state index < -0.39 is 40.6 Å². The Kier molecular flexibility index (Phi) is 4.38. The zero-order valence-electron chi connectivity index (χ0n) is 14.1. The molecule has 1 aliphatic rings. The van der Waals surface area contributed by atoms with Crippen LogP contribution >= 0.6 is 0 Å². The van der Waals surface area contributed by atoms with Crippen molar-refractivity contribution in [2.24, 2.45) is 0 Å². The molecule has 144 valence electrons. The van der Waals surface area contributed by atoms with Crippen LogP contribution in [0.25, 0.3) is 11.5 Å². The maximum absolute atomic E-state index is 13.9. The van der Waals surface area contributed by atoms with E-state index in [9.17, 15) is 23.1 Å². The topological polar surface area (TPSA) is 88.7 Å². The Morgan fingerprint density at radius 3 is 2.61 bits per heavy atom. The van der Waals surface area contributed by atoms with Gasteiger partial charge in [0.1, 0.15) is 11.9 Å². The number of carbonyl (C=O) groups is 1. The van der Waals surface area contributed by atoms with Crippen LogP contribution in [0, 0.1) is 17.5 Å². The highest BCUT2D eigenvalue weighted by Gasteiger charge is 2.35. The number of ether oxygens (including phenoxy) is 1. The van der Waals surface area contributed by atoms with Crippen molar-refractivity contribution in [3.63, 3.8) is 0 Å². The zero-order valence-corrected chi connectivity index (χ0v) is 14.1. The monoisotopic (exact) mass is 391 g/mol. The van der Waals surface area contributed by atoms with Gasteiger partial charge in [-0.2, -0.15) is 9.37 Å². The molecule has 0 bridgehead atoms. The number of hydrogen-bond acceptors (Lipinski definition) is 6. The highest BCUT2D eigenvalue weighted by atomic mass is 19.2. The average molecular weight is 391 g/mol. The van der Waals surface area contributed by atoms with E-state index in [-0.39, 0.29) is 25.0 Å². The van der Waals surface area contributed by atoms with Gasteiger partial charge in [0.15, 0.2) is 17.4 Å². The molecular weight excluding hydrogens is 379 g/mol. The minimum atomic E-state index is -1.73. The predicted octanol–water partition coefficient (Wildman–Crippen LogP) is 2.76. The normalized spacial score (nSPS) is 14.0. The van der Waals surface area contributed by atoms with Crippen LogP contribution in [-0.4, -0.2) is 45.2 Å². The molecule has 7 nitrogen and oxygen atoms in total. The lowest BCUT2D eigenvalue weighted by molar-refractivity contribution is 0.0166. The number of aromatic nitrogens is 2. The first-order valence-corrected chi connectivity index (χ1v) is 8.15. The minimum Gasteiger partial charge on any atom is -0.503 e. The van der Waals surface area contributed by atoms with Crippen LogP contribution in [0.1, 0.15) is 10.6 Å². The molecule has 28 heavy (non-hydrogen) atoms. The lowest BCUT2D eigenvalue weighted by Crippen LogP contribution is -2.56. The summed E-state index contributed by atoms with van der Waals surface area (Å²) in [4.78, 5) is 17.5. The molecule has 0 saturated carbocycles. The molecule has 2 aromatic carbocycles. The van der Waals surface area contributed by atoms with Gasteiger partial charge in [0.25, 0.3) is 17.6 Å². The Bertz CT molecular complexity index is 1040. The molecule has 0 atom stereocenters. The minimum absolute atomic E-state index is 0.196. The number of phenols is 1. The molecule has 0 aliphatic carbocycles. The first kappa shape index (κ1) is 17.8. The average Bonchev–Trinajstić information content (AvgIpc) is 3.16. The molecule has 2 heterocycles. The van der Waals surface area contributed by atoms with Crippen molar-refractivity contribution in [1.82, 2.24) is 15.0 Å². The number of aromatic hydroxyl groups is 1. The van der Waals surface area contributed by atoms with Gasteiger partial charge < -0.3 is 19.3 Å². The first-order chi connectivity index (χ1) is 13.4. The fourth-order valence-corrected chi connectivity index (χ4v) is 2.68. The summed E-state index contributed by atoms with van der Waals surface area (Å²) in [5.41, 5.74) is -0.656. The summed E-state index contributed by atoms with van der Waals surface area (Å²) in [5.74, 6) is -7.06. The highest BCUT2D eigenvalue weighted by molar-refractivity contribution is 5.91. The van der Waals surface area contributed by atoms with Gasteiger partial charge in [-0.15, -0.1) is 0 Å². The number of phenolic OH excluding ortho intramolecular Hbond substituents is 1. The van der Waals surface area contributed by atoms with Crippen molar-refractivity contribution < 1.29 is 32.3 Å². The van der Waals surface area contributed by atoms with Crippen LogP contribution in [0.5, 0.6) is 11.5 Å². The smallest absolute Gasteiger partial charge is 0.295 e. The summed E-state index contributed by atoms with van der Waals surface area (Å²) in [7, 11) is 0. The number of hydrogen-bond donors (Lipinski definition) is 1. The Hall–Kier alpha value is -3.56. The zero-order chi connectivity index (χ0) is 19.8. The number of halogens is 3. The van der Waals surface area contributed by atoms with Crippen molar-refractivity contribution in [3.8, 4) is 23.0 Å². The van der Waals surface area contributed by atoms with Gasteiger partial charge in [0, 0.05) is 0 Å². The third kappa shape index (κ3) is 3.13. The summed E-state index contributed by atoms with van der Waals surface area (Å²) in [6, 6.07) is 9.55. The van der Waals surface area contributed by atoms with Crippen LogP contribution in [-0.2, 0) is 0 Å². The summed E-state index contributed by atoms with van der Waals surface area (Å²) in [6.45, 7) is 0.579. The molecule has 10 heteroatoms.